The standard InChI is InChI=1S/2C4H11NO/c1-3-4(6)5-2;1-2-4(6)3-5/h4-6H,3H2,1-2H3;4,6H,2-3,5H2,1H3. The fourth-order valence-electron chi connectivity index (χ4n) is 0.371. The van der Waals surface area contributed by atoms with Crippen LogP contribution in [-0.4, -0.2) is 36.1 Å². The van der Waals surface area contributed by atoms with E-state index in [4.69, 9.17) is 15.9 Å². The zero-order valence-corrected chi connectivity index (χ0v) is 8.25. The molecule has 0 heterocycles. The summed E-state index contributed by atoms with van der Waals surface area (Å²) in [7, 11) is 1.73. The molecule has 12 heavy (non-hydrogen) atoms. The van der Waals surface area contributed by atoms with Gasteiger partial charge in [0.05, 0.1) is 6.10 Å². The Labute approximate surface area is 74.8 Å². The van der Waals surface area contributed by atoms with Crippen molar-refractivity contribution in [3.63, 3.8) is 0 Å². The first-order valence-electron chi connectivity index (χ1n) is 4.35. The minimum absolute atomic E-state index is 0.287. The van der Waals surface area contributed by atoms with E-state index in [1.165, 1.54) is 0 Å². The molecule has 2 unspecified atom stereocenters. The van der Waals surface area contributed by atoms with E-state index in [1.54, 1.807) is 7.05 Å². The van der Waals surface area contributed by atoms with Gasteiger partial charge in [-0.3, -0.25) is 5.32 Å². The Morgan fingerprint density at radius 1 is 1.25 bits per heavy atom. The fraction of sp³-hybridized carbons (Fsp3) is 1.00. The lowest BCUT2D eigenvalue weighted by atomic mass is 10.3. The van der Waals surface area contributed by atoms with Gasteiger partial charge in [0.25, 0.3) is 0 Å². The quantitative estimate of drug-likeness (QED) is 0.444. The highest BCUT2D eigenvalue weighted by atomic mass is 16.3. The van der Waals surface area contributed by atoms with Gasteiger partial charge in [-0.2, -0.15) is 0 Å². The molecule has 0 aliphatic heterocycles. The highest BCUT2D eigenvalue weighted by Crippen LogP contribution is 1.81. The third-order valence-electron chi connectivity index (χ3n) is 1.46. The molecule has 4 nitrogen and oxygen atoms in total. The average Bonchev–Trinajstić information content (AvgIpc) is 2.16. The van der Waals surface area contributed by atoms with Gasteiger partial charge in [-0.15, -0.1) is 0 Å². The number of rotatable bonds is 4. The van der Waals surface area contributed by atoms with Crippen LogP contribution in [0.15, 0.2) is 0 Å². The van der Waals surface area contributed by atoms with Crippen LogP contribution in [0, 0.1) is 0 Å². The van der Waals surface area contributed by atoms with Gasteiger partial charge < -0.3 is 15.9 Å². The third-order valence-corrected chi connectivity index (χ3v) is 1.46. The van der Waals surface area contributed by atoms with E-state index >= 15 is 0 Å². The molecule has 0 aliphatic carbocycles. The summed E-state index contributed by atoms with van der Waals surface area (Å²) in [4.78, 5) is 0. The summed E-state index contributed by atoms with van der Waals surface area (Å²) >= 11 is 0. The van der Waals surface area contributed by atoms with Gasteiger partial charge in [0.2, 0.25) is 0 Å². The molecule has 5 N–H and O–H groups in total. The van der Waals surface area contributed by atoms with Crippen LogP contribution in [0.25, 0.3) is 0 Å². The third kappa shape index (κ3) is 12.5. The molecule has 0 aromatic rings. The van der Waals surface area contributed by atoms with Crippen molar-refractivity contribution in [2.24, 2.45) is 5.73 Å². The van der Waals surface area contributed by atoms with Crippen LogP contribution >= 0.6 is 0 Å². The summed E-state index contributed by atoms with van der Waals surface area (Å²) in [6.07, 6.45) is 0.933. The van der Waals surface area contributed by atoms with Gasteiger partial charge in [0.1, 0.15) is 6.23 Å². The van der Waals surface area contributed by atoms with E-state index in [9.17, 15) is 0 Å². The lowest BCUT2D eigenvalue weighted by Crippen LogP contribution is -2.22. The van der Waals surface area contributed by atoms with Crippen LogP contribution in [0.4, 0.5) is 0 Å². The molecule has 0 fully saturated rings. The molecule has 0 spiro atoms. The first-order chi connectivity index (χ1) is 5.62. The second kappa shape index (κ2) is 10.8. The number of hydrogen-bond acceptors (Lipinski definition) is 4. The molecule has 0 radical (unpaired) electrons. The molecule has 0 rings (SSSR count). The zero-order valence-electron chi connectivity index (χ0n) is 8.25. The van der Waals surface area contributed by atoms with Crippen molar-refractivity contribution in [2.45, 2.75) is 39.0 Å². The molecule has 4 heteroatoms. The van der Waals surface area contributed by atoms with E-state index in [0.717, 1.165) is 12.8 Å². The van der Waals surface area contributed by atoms with Gasteiger partial charge >= 0.3 is 0 Å². The van der Waals surface area contributed by atoms with Gasteiger partial charge in [-0.05, 0) is 19.9 Å². The molecule has 0 saturated heterocycles. The van der Waals surface area contributed by atoms with E-state index < -0.39 is 0 Å². The predicted molar refractivity (Wildman–Crippen MR) is 50.7 cm³/mol. The molecule has 0 aliphatic rings. The molecular weight excluding hydrogens is 156 g/mol. The Morgan fingerprint density at radius 2 is 1.75 bits per heavy atom. The maximum Gasteiger partial charge on any atom is 0.104 e. The molecule has 0 amide bonds. The number of aliphatic hydroxyl groups is 2. The molecule has 76 valence electrons. The van der Waals surface area contributed by atoms with Crippen molar-refractivity contribution >= 4 is 0 Å². The van der Waals surface area contributed by atoms with Gasteiger partial charge in [0.15, 0.2) is 0 Å². The minimum Gasteiger partial charge on any atom is -0.392 e. The maximum absolute atomic E-state index is 8.56. The lowest BCUT2D eigenvalue weighted by molar-refractivity contribution is 0.143. The van der Waals surface area contributed by atoms with Gasteiger partial charge in [-0.25, -0.2) is 0 Å². The molecule has 0 aromatic heterocycles. The van der Waals surface area contributed by atoms with E-state index in [-0.39, 0.29) is 12.3 Å². The Morgan fingerprint density at radius 3 is 1.75 bits per heavy atom. The van der Waals surface area contributed by atoms with Crippen LogP contribution in [0.1, 0.15) is 26.7 Å². The largest absolute Gasteiger partial charge is 0.392 e. The maximum atomic E-state index is 8.56. The smallest absolute Gasteiger partial charge is 0.104 e. The summed E-state index contributed by atoms with van der Waals surface area (Å²) in [5.74, 6) is 0. The summed E-state index contributed by atoms with van der Waals surface area (Å²) in [6.45, 7) is 4.20. The average molecular weight is 178 g/mol. The van der Waals surface area contributed by atoms with Crippen molar-refractivity contribution in [1.29, 1.82) is 0 Å². The van der Waals surface area contributed by atoms with Gasteiger partial charge in [0, 0.05) is 6.54 Å². The Bertz CT molecular complexity index is 63.5. The summed E-state index contributed by atoms with van der Waals surface area (Å²) in [5.41, 5.74) is 5.03. The van der Waals surface area contributed by atoms with Crippen LogP contribution < -0.4 is 11.1 Å². The summed E-state index contributed by atoms with van der Waals surface area (Å²) < 4.78 is 0. The Balaban J connectivity index is 0. The first-order valence-corrected chi connectivity index (χ1v) is 4.35. The summed E-state index contributed by atoms with van der Waals surface area (Å²) in [5, 5.41) is 19.8. The molecule has 2 atom stereocenters. The van der Waals surface area contributed by atoms with Gasteiger partial charge in [-0.1, -0.05) is 13.8 Å². The fourth-order valence-corrected chi connectivity index (χ4v) is 0.371. The van der Waals surface area contributed by atoms with Crippen molar-refractivity contribution in [2.75, 3.05) is 13.6 Å². The Hall–Kier alpha value is -0.160. The Kier molecular flexibility index (Phi) is 13.0. The van der Waals surface area contributed by atoms with E-state index in [1.807, 2.05) is 13.8 Å². The number of nitrogens with one attached hydrogen (secondary N) is 1. The minimum atomic E-state index is -0.315. The molecule has 0 bridgehead atoms. The van der Waals surface area contributed by atoms with Crippen molar-refractivity contribution in [1.82, 2.24) is 5.32 Å². The second-order valence-electron chi connectivity index (χ2n) is 2.51. The highest BCUT2D eigenvalue weighted by Gasteiger charge is 1.91. The molecule has 0 aromatic carbocycles. The number of aliphatic hydroxyl groups excluding tert-OH is 2. The zero-order chi connectivity index (χ0) is 9.98. The van der Waals surface area contributed by atoms with Crippen LogP contribution in [-0.2, 0) is 0 Å². The second-order valence-corrected chi connectivity index (χ2v) is 2.51. The monoisotopic (exact) mass is 178 g/mol. The van der Waals surface area contributed by atoms with E-state index in [2.05, 4.69) is 5.32 Å². The number of nitrogens with two attached hydrogens (primary N) is 1. The first kappa shape index (κ1) is 14.4. The van der Waals surface area contributed by atoms with E-state index in [0.29, 0.717) is 6.54 Å². The van der Waals surface area contributed by atoms with Crippen LogP contribution in [0.5, 0.6) is 0 Å². The topological polar surface area (TPSA) is 78.5 Å². The molecular formula is C8H22N2O2. The normalized spacial score (nSPS) is 14.5. The van der Waals surface area contributed by atoms with Crippen LogP contribution in [0.3, 0.4) is 0 Å². The lowest BCUT2D eigenvalue weighted by Gasteiger charge is -2.01. The highest BCUT2D eigenvalue weighted by molar-refractivity contribution is 4.48. The predicted octanol–water partition coefficient (Wildman–Crippen LogP) is -0.350. The molecule has 0 saturated carbocycles. The summed E-state index contributed by atoms with van der Waals surface area (Å²) in [6, 6.07) is 0. The number of hydrogen-bond donors (Lipinski definition) is 4. The van der Waals surface area contributed by atoms with Crippen LogP contribution in [0.2, 0.25) is 0 Å². The van der Waals surface area contributed by atoms with Crippen molar-refractivity contribution in [3.05, 3.63) is 0 Å². The van der Waals surface area contributed by atoms with Crippen molar-refractivity contribution < 1.29 is 10.2 Å². The van der Waals surface area contributed by atoms with Crippen molar-refractivity contribution in [3.8, 4) is 0 Å². The SMILES string of the molecule is CCC(O)CN.CCC(O)NC.